The number of halogens is 1. The second-order valence-corrected chi connectivity index (χ2v) is 5.33. The van der Waals surface area contributed by atoms with Crippen molar-refractivity contribution in [2.45, 2.75) is 48.0 Å². The summed E-state index contributed by atoms with van der Waals surface area (Å²) in [5.41, 5.74) is 0.603. The molecule has 1 aliphatic heterocycles. The van der Waals surface area contributed by atoms with Crippen molar-refractivity contribution in [3.63, 3.8) is 0 Å². The molecule has 0 bridgehead atoms. The predicted molar refractivity (Wildman–Crippen MR) is 84.2 cm³/mol. The summed E-state index contributed by atoms with van der Waals surface area (Å²) in [6.07, 6.45) is 1.32. The van der Waals surface area contributed by atoms with Gasteiger partial charge < -0.3 is 4.90 Å². The Morgan fingerprint density at radius 3 is 1.81 bits per heavy atom. The van der Waals surface area contributed by atoms with Crippen LogP contribution in [0.3, 0.4) is 0 Å². The van der Waals surface area contributed by atoms with E-state index in [1.807, 2.05) is 27.7 Å². The van der Waals surface area contributed by atoms with E-state index in [0.717, 1.165) is 0 Å². The lowest BCUT2D eigenvalue weighted by molar-refractivity contribution is 0.0517. The number of nitrogens with zero attached hydrogens (tertiary/aromatic N) is 2. The van der Waals surface area contributed by atoms with Gasteiger partial charge in [-0.1, -0.05) is 41.5 Å². The van der Waals surface area contributed by atoms with Crippen LogP contribution in [0.2, 0.25) is 0 Å². The van der Waals surface area contributed by atoms with E-state index in [9.17, 15) is 0 Å². The molecule has 1 fully saturated rings. The lowest BCUT2D eigenvalue weighted by atomic mass is 9.79. The SMILES string of the molecule is CC.CC.CCN(C)CC1(CC)CN(I)C1. The van der Waals surface area contributed by atoms with E-state index < -0.39 is 0 Å². The molecule has 3 heteroatoms. The molecule has 0 atom stereocenters. The zero-order valence-electron chi connectivity index (χ0n) is 12.3. The molecular formula is C13H31IN2. The lowest BCUT2D eigenvalue weighted by Gasteiger charge is -2.48. The Balaban J connectivity index is 0. The summed E-state index contributed by atoms with van der Waals surface area (Å²) in [6, 6.07) is 0. The Morgan fingerprint density at radius 1 is 1.12 bits per heavy atom. The molecule has 0 spiro atoms. The van der Waals surface area contributed by atoms with Gasteiger partial charge in [0.05, 0.1) is 0 Å². The maximum atomic E-state index is 2.42. The zero-order valence-corrected chi connectivity index (χ0v) is 14.5. The predicted octanol–water partition coefficient (Wildman–Crippen LogP) is 4.05. The van der Waals surface area contributed by atoms with Gasteiger partial charge in [0.25, 0.3) is 0 Å². The van der Waals surface area contributed by atoms with E-state index in [1.54, 1.807) is 0 Å². The summed E-state index contributed by atoms with van der Waals surface area (Å²) in [7, 11) is 2.22. The van der Waals surface area contributed by atoms with Crippen LogP contribution in [0, 0.1) is 5.41 Å². The molecule has 2 nitrogen and oxygen atoms in total. The van der Waals surface area contributed by atoms with Crippen LogP contribution in [0.1, 0.15) is 48.0 Å². The van der Waals surface area contributed by atoms with Gasteiger partial charge in [0.15, 0.2) is 0 Å². The maximum absolute atomic E-state index is 2.42. The average Bonchev–Trinajstić information content (AvgIpc) is 2.31. The van der Waals surface area contributed by atoms with E-state index in [0.29, 0.717) is 5.41 Å². The first-order chi connectivity index (χ1) is 7.62. The molecule has 0 amide bonds. The fourth-order valence-corrected chi connectivity index (χ4v) is 3.25. The summed E-state index contributed by atoms with van der Waals surface area (Å²) in [5.74, 6) is 0. The second-order valence-electron chi connectivity index (χ2n) is 3.96. The van der Waals surface area contributed by atoms with Crippen LogP contribution in [0.5, 0.6) is 0 Å². The summed E-state index contributed by atoms with van der Waals surface area (Å²) in [5, 5.41) is 0. The first-order valence-electron chi connectivity index (χ1n) is 6.71. The van der Waals surface area contributed by atoms with Gasteiger partial charge in [-0.2, -0.15) is 0 Å². The monoisotopic (exact) mass is 342 g/mol. The van der Waals surface area contributed by atoms with E-state index in [4.69, 9.17) is 0 Å². The number of hydrogen-bond acceptors (Lipinski definition) is 2. The molecule has 0 aromatic carbocycles. The molecule has 0 aromatic heterocycles. The summed E-state index contributed by atoms with van der Waals surface area (Å²) in [6.45, 7) is 17.5. The lowest BCUT2D eigenvalue weighted by Crippen LogP contribution is -2.56. The highest BCUT2D eigenvalue weighted by Crippen LogP contribution is 2.36. The molecule has 16 heavy (non-hydrogen) atoms. The van der Waals surface area contributed by atoms with Gasteiger partial charge in [-0.25, -0.2) is 3.11 Å². The normalized spacial score (nSPS) is 17.8. The Bertz CT molecular complexity index is 145. The standard InChI is InChI=1S/C9H19IN2.2C2H6/c1-4-9(6-11(3)5-2)7-12(10)8-9;2*1-2/h4-8H2,1-3H3;2*1-2H3. The third-order valence-corrected chi connectivity index (χ3v) is 3.59. The Labute approximate surface area is 117 Å². The summed E-state index contributed by atoms with van der Waals surface area (Å²) < 4.78 is 2.38. The highest BCUT2D eigenvalue weighted by atomic mass is 127. The molecule has 1 aliphatic rings. The minimum atomic E-state index is 0.603. The van der Waals surface area contributed by atoms with Crippen molar-refractivity contribution in [3.8, 4) is 0 Å². The molecule has 1 heterocycles. The van der Waals surface area contributed by atoms with E-state index >= 15 is 0 Å². The van der Waals surface area contributed by atoms with Crippen LogP contribution in [0.4, 0.5) is 0 Å². The Hall–Kier alpha value is 0.650. The van der Waals surface area contributed by atoms with E-state index in [2.05, 4.69) is 51.8 Å². The van der Waals surface area contributed by atoms with Crippen LogP contribution in [0.25, 0.3) is 0 Å². The fourth-order valence-electron chi connectivity index (χ4n) is 1.80. The van der Waals surface area contributed by atoms with E-state index in [1.165, 1.54) is 32.6 Å². The third-order valence-electron chi connectivity index (χ3n) is 2.91. The largest absolute Gasteiger partial charge is 0.306 e. The van der Waals surface area contributed by atoms with Crippen LogP contribution >= 0.6 is 22.9 Å². The first-order valence-corrected chi connectivity index (χ1v) is 7.67. The van der Waals surface area contributed by atoms with Gasteiger partial charge in [-0.05, 0) is 20.0 Å². The minimum Gasteiger partial charge on any atom is -0.306 e. The molecule has 1 rings (SSSR count). The third kappa shape index (κ3) is 6.40. The van der Waals surface area contributed by atoms with Crippen molar-refractivity contribution < 1.29 is 0 Å². The van der Waals surface area contributed by atoms with Gasteiger partial charge in [0, 0.05) is 47.9 Å². The second kappa shape index (κ2) is 10.8. The molecule has 100 valence electrons. The Morgan fingerprint density at radius 2 is 1.56 bits per heavy atom. The van der Waals surface area contributed by atoms with Crippen molar-refractivity contribution in [2.24, 2.45) is 5.41 Å². The van der Waals surface area contributed by atoms with Gasteiger partial charge in [-0.15, -0.1) is 0 Å². The molecule has 0 unspecified atom stereocenters. The van der Waals surface area contributed by atoms with Gasteiger partial charge in [-0.3, -0.25) is 0 Å². The van der Waals surface area contributed by atoms with Crippen LogP contribution < -0.4 is 0 Å². The maximum Gasteiger partial charge on any atom is 0.0202 e. The Kier molecular flexibility index (Phi) is 12.8. The molecule has 0 aliphatic carbocycles. The fraction of sp³-hybridized carbons (Fsp3) is 1.00. The van der Waals surface area contributed by atoms with Crippen LogP contribution in [0.15, 0.2) is 0 Å². The smallest absolute Gasteiger partial charge is 0.0202 e. The quantitative estimate of drug-likeness (QED) is 0.562. The van der Waals surface area contributed by atoms with Crippen LogP contribution in [-0.4, -0.2) is 41.2 Å². The summed E-state index contributed by atoms with van der Waals surface area (Å²) >= 11 is 2.42. The first kappa shape index (κ1) is 19.0. The van der Waals surface area contributed by atoms with Gasteiger partial charge in [0.2, 0.25) is 0 Å². The summed E-state index contributed by atoms with van der Waals surface area (Å²) in [4.78, 5) is 2.42. The molecule has 0 aromatic rings. The van der Waals surface area contributed by atoms with Gasteiger partial charge in [0.1, 0.15) is 0 Å². The molecule has 0 radical (unpaired) electrons. The van der Waals surface area contributed by atoms with Crippen molar-refractivity contribution in [1.29, 1.82) is 0 Å². The van der Waals surface area contributed by atoms with Crippen molar-refractivity contribution in [3.05, 3.63) is 0 Å². The van der Waals surface area contributed by atoms with E-state index in [-0.39, 0.29) is 0 Å². The minimum absolute atomic E-state index is 0.603. The average molecular weight is 342 g/mol. The highest BCUT2D eigenvalue weighted by Gasteiger charge is 2.40. The highest BCUT2D eigenvalue weighted by molar-refractivity contribution is 14.1. The zero-order chi connectivity index (χ0) is 13.2. The molecule has 0 N–H and O–H groups in total. The van der Waals surface area contributed by atoms with Crippen molar-refractivity contribution >= 4 is 22.9 Å². The molecule has 1 saturated heterocycles. The van der Waals surface area contributed by atoms with Crippen LogP contribution in [-0.2, 0) is 0 Å². The molecule has 0 saturated carbocycles. The van der Waals surface area contributed by atoms with Crippen molar-refractivity contribution in [1.82, 2.24) is 8.01 Å². The number of rotatable bonds is 4. The van der Waals surface area contributed by atoms with Crippen molar-refractivity contribution in [2.75, 3.05) is 33.2 Å². The number of hydrogen-bond donors (Lipinski definition) is 0. The van der Waals surface area contributed by atoms with Gasteiger partial charge >= 0.3 is 0 Å². The topological polar surface area (TPSA) is 6.48 Å². The molecular weight excluding hydrogens is 311 g/mol.